The van der Waals surface area contributed by atoms with Crippen LogP contribution in [0.4, 0.5) is 0 Å². The second-order valence-electron chi connectivity index (χ2n) is 4.04. The molecule has 2 rings (SSSR count). The van der Waals surface area contributed by atoms with E-state index >= 15 is 0 Å². The van der Waals surface area contributed by atoms with Crippen molar-refractivity contribution in [2.45, 2.75) is 24.3 Å². The molecule has 0 amide bonds. The van der Waals surface area contributed by atoms with Crippen LogP contribution in [-0.4, -0.2) is 19.9 Å². The average molecular weight is 317 g/mol. The van der Waals surface area contributed by atoms with E-state index < -0.39 is 10.0 Å². The summed E-state index contributed by atoms with van der Waals surface area (Å²) in [7, 11) is -3.49. The summed E-state index contributed by atoms with van der Waals surface area (Å²) in [4.78, 5) is 5.14. The topological polar surface area (TPSA) is 85.1 Å². The molecule has 2 aromatic rings. The predicted octanol–water partition coefficient (Wildman–Crippen LogP) is 1.75. The SMILES string of the molecule is CC(CNS(=O)(=O)c1ccsc1CN)c1nccs1. The maximum absolute atomic E-state index is 12.2. The molecule has 0 saturated carbocycles. The van der Waals surface area contributed by atoms with Crippen molar-refractivity contribution >= 4 is 32.7 Å². The highest BCUT2D eigenvalue weighted by atomic mass is 32.2. The van der Waals surface area contributed by atoms with Crippen molar-refractivity contribution in [3.63, 3.8) is 0 Å². The summed E-state index contributed by atoms with van der Waals surface area (Å²) < 4.78 is 27.0. The molecule has 1 unspecified atom stereocenters. The first-order chi connectivity index (χ1) is 9.04. The van der Waals surface area contributed by atoms with Gasteiger partial charge in [-0.25, -0.2) is 18.1 Å². The van der Waals surface area contributed by atoms with Gasteiger partial charge in [-0.15, -0.1) is 22.7 Å². The Balaban J connectivity index is 2.06. The van der Waals surface area contributed by atoms with Crippen LogP contribution >= 0.6 is 22.7 Å². The maximum Gasteiger partial charge on any atom is 0.241 e. The fourth-order valence-corrected chi connectivity index (χ4v) is 4.76. The van der Waals surface area contributed by atoms with Gasteiger partial charge in [0, 0.05) is 35.5 Å². The largest absolute Gasteiger partial charge is 0.326 e. The van der Waals surface area contributed by atoms with Gasteiger partial charge in [-0.05, 0) is 11.4 Å². The molecule has 0 spiro atoms. The van der Waals surface area contributed by atoms with E-state index in [1.165, 1.54) is 22.7 Å². The number of nitrogens with one attached hydrogen (secondary N) is 1. The first-order valence-electron chi connectivity index (χ1n) is 5.70. The summed E-state index contributed by atoms with van der Waals surface area (Å²) in [5.74, 6) is 0.0507. The van der Waals surface area contributed by atoms with E-state index in [0.717, 1.165) is 5.01 Å². The molecule has 0 aliphatic carbocycles. The minimum atomic E-state index is -3.49. The molecule has 2 aromatic heterocycles. The molecule has 8 heteroatoms. The van der Waals surface area contributed by atoms with E-state index in [0.29, 0.717) is 11.4 Å². The van der Waals surface area contributed by atoms with Crippen molar-refractivity contribution in [3.05, 3.63) is 32.9 Å². The fourth-order valence-electron chi connectivity index (χ4n) is 1.59. The first-order valence-corrected chi connectivity index (χ1v) is 8.94. The van der Waals surface area contributed by atoms with Gasteiger partial charge in [0.2, 0.25) is 10.0 Å². The Kier molecular flexibility index (Phi) is 4.69. The Bertz CT molecular complexity index is 619. The van der Waals surface area contributed by atoms with E-state index in [9.17, 15) is 8.42 Å². The van der Waals surface area contributed by atoms with E-state index in [1.807, 2.05) is 12.3 Å². The second kappa shape index (κ2) is 6.10. The van der Waals surface area contributed by atoms with Gasteiger partial charge >= 0.3 is 0 Å². The number of thiazole rings is 1. The Morgan fingerprint density at radius 1 is 1.42 bits per heavy atom. The van der Waals surface area contributed by atoms with Crippen LogP contribution in [0.2, 0.25) is 0 Å². The van der Waals surface area contributed by atoms with Crippen LogP contribution < -0.4 is 10.5 Å². The minimum Gasteiger partial charge on any atom is -0.326 e. The standard InChI is InChI=1S/C11H15N3O2S3/c1-8(11-13-3-5-18-11)7-14-19(15,16)10-2-4-17-9(10)6-12/h2-5,8,14H,6-7,12H2,1H3. The third kappa shape index (κ3) is 3.40. The van der Waals surface area contributed by atoms with Gasteiger partial charge in [0.1, 0.15) is 0 Å². The molecule has 1 atom stereocenters. The average Bonchev–Trinajstić information content (AvgIpc) is 3.06. The zero-order chi connectivity index (χ0) is 13.9. The van der Waals surface area contributed by atoms with Gasteiger partial charge in [-0.1, -0.05) is 6.92 Å². The van der Waals surface area contributed by atoms with Crippen LogP contribution in [0, 0.1) is 0 Å². The van der Waals surface area contributed by atoms with E-state index in [-0.39, 0.29) is 17.4 Å². The molecule has 0 aromatic carbocycles. The number of thiophene rings is 1. The predicted molar refractivity (Wildman–Crippen MR) is 77.9 cm³/mol. The van der Waals surface area contributed by atoms with Crippen molar-refractivity contribution in [2.24, 2.45) is 5.73 Å². The van der Waals surface area contributed by atoms with Gasteiger partial charge in [0.25, 0.3) is 0 Å². The van der Waals surface area contributed by atoms with Crippen molar-refractivity contribution in [2.75, 3.05) is 6.54 Å². The van der Waals surface area contributed by atoms with Gasteiger partial charge < -0.3 is 5.73 Å². The lowest BCUT2D eigenvalue weighted by Gasteiger charge is -2.11. The number of nitrogens with two attached hydrogens (primary N) is 1. The highest BCUT2D eigenvalue weighted by Gasteiger charge is 2.20. The quantitative estimate of drug-likeness (QED) is 0.850. The maximum atomic E-state index is 12.2. The lowest BCUT2D eigenvalue weighted by atomic mass is 10.2. The smallest absolute Gasteiger partial charge is 0.241 e. The van der Waals surface area contributed by atoms with Crippen molar-refractivity contribution < 1.29 is 8.42 Å². The second-order valence-corrected chi connectivity index (χ2v) is 7.70. The lowest BCUT2D eigenvalue weighted by Crippen LogP contribution is -2.28. The van der Waals surface area contributed by atoms with Gasteiger partial charge in [-0.2, -0.15) is 0 Å². The monoisotopic (exact) mass is 317 g/mol. The van der Waals surface area contributed by atoms with Crippen LogP contribution in [0.1, 0.15) is 22.7 Å². The molecule has 0 aliphatic rings. The zero-order valence-corrected chi connectivity index (χ0v) is 12.8. The molecule has 2 heterocycles. The molecule has 3 N–H and O–H groups in total. The summed E-state index contributed by atoms with van der Waals surface area (Å²) >= 11 is 2.88. The highest BCUT2D eigenvalue weighted by molar-refractivity contribution is 7.89. The summed E-state index contributed by atoms with van der Waals surface area (Å²) in [6.07, 6.45) is 1.72. The number of nitrogens with zero attached hydrogens (tertiary/aromatic N) is 1. The lowest BCUT2D eigenvalue weighted by molar-refractivity contribution is 0.574. The van der Waals surface area contributed by atoms with Gasteiger partial charge in [-0.3, -0.25) is 0 Å². The summed E-state index contributed by atoms with van der Waals surface area (Å²) in [6.45, 7) is 2.50. The van der Waals surface area contributed by atoms with Crippen molar-refractivity contribution in [1.82, 2.24) is 9.71 Å². The highest BCUT2D eigenvalue weighted by Crippen LogP contribution is 2.22. The van der Waals surface area contributed by atoms with Crippen LogP contribution in [0.5, 0.6) is 0 Å². The molecular formula is C11H15N3O2S3. The van der Waals surface area contributed by atoms with Crippen LogP contribution in [0.15, 0.2) is 27.9 Å². The van der Waals surface area contributed by atoms with E-state index in [1.54, 1.807) is 17.6 Å². The molecule has 0 bridgehead atoms. The van der Waals surface area contributed by atoms with Crippen molar-refractivity contribution in [1.29, 1.82) is 0 Å². The fraction of sp³-hybridized carbons (Fsp3) is 0.364. The van der Waals surface area contributed by atoms with Crippen LogP contribution in [-0.2, 0) is 16.6 Å². The summed E-state index contributed by atoms with van der Waals surface area (Å²) in [5, 5.41) is 4.54. The Morgan fingerprint density at radius 3 is 2.84 bits per heavy atom. The van der Waals surface area contributed by atoms with Gasteiger partial charge in [0.15, 0.2) is 0 Å². The Hall–Kier alpha value is -0.800. The number of aromatic nitrogens is 1. The van der Waals surface area contributed by atoms with E-state index in [4.69, 9.17) is 5.73 Å². The van der Waals surface area contributed by atoms with Crippen LogP contribution in [0.3, 0.4) is 0 Å². The Morgan fingerprint density at radius 2 is 2.21 bits per heavy atom. The molecule has 5 nitrogen and oxygen atoms in total. The first kappa shape index (κ1) is 14.6. The molecule has 0 radical (unpaired) electrons. The minimum absolute atomic E-state index is 0.0507. The number of sulfonamides is 1. The normalized spacial score (nSPS) is 13.6. The van der Waals surface area contributed by atoms with Crippen molar-refractivity contribution in [3.8, 4) is 0 Å². The zero-order valence-electron chi connectivity index (χ0n) is 10.4. The number of rotatable bonds is 6. The molecule has 104 valence electrons. The molecule has 0 fully saturated rings. The molecule has 0 aliphatic heterocycles. The Labute approximate surface area is 120 Å². The third-order valence-corrected chi connectivity index (χ3v) is 6.22. The van der Waals surface area contributed by atoms with Crippen LogP contribution in [0.25, 0.3) is 0 Å². The summed E-state index contributed by atoms with van der Waals surface area (Å²) in [6, 6.07) is 1.59. The number of hydrogen-bond donors (Lipinski definition) is 2. The number of hydrogen-bond acceptors (Lipinski definition) is 6. The third-order valence-electron chi connectivity index (χ3n) is 2.63. The molecule has 0 saturated heterocycles. The van der Waals surface area contributed by atoms with E-state index in [2.05, 4.69) is 9.71 Å². The summed E-state index contributed by atoms with van der Waals surface area (Å²) in [5.41, 5.74) is 5.53. The van der Waals surface area contributed by atoms with Gasteiger partial charge in [0.05, 0.1) is 9.90 Å². The molecular weight excluding hydrogens is 302 g/mol. The molecule has 19 heavy (non-hydrogen) atoms.